The highest BCUT2D eigenvalue weighted by molar-refractivity contribution is 4.80. The molecule has 0 aromatic carbocycles. The van der Waals surface area contributed by atoms with Gasteiger partial charge in [-0.05, 0) is 56.9 Å². The van der Waals surface area contributed by atoms with Crippen molar-refractivity contribution >= 4 is 0 Å². The maximum Gasteiger partial charge on any atom is 0.0572 e. The second-order valence-electron chi connectivity index (χ2n) is 5.90. The minimum atomic E-state index is 0.532. The Labute approximate surface area is 100 Å². The van der Waals surface area contributed by atoms with Crippen molar-refractivity contribution in [3.8, 4) is 0 Å². The van der Waals surface area contributed by atoms with Gasteiger partial charge in [-0.3, -0.25) is 0 Å². The largest absolute Gasteiger partial charge is 0.381 e. The lowest BCUT2D eigenvalue weighted by Crippen LogP contribution is -2.37. The van der Waals surface area contributed by atoms with Gasteiger partial charge in [-0.25, -0.2) is 0 Å². The summed E-state index contributed by atoms with van der Waals surface area (Å²) >= 11 is 0. The first kappa shape index (κ1) is 12.4. The molecule has 0 amide bonds. The number of methoxy groups -OCH3 is 1. The lowest BCUT2D eigenvalue weighted by molar-refractivity contribution is 0.0621. The van der Waals surface area contributed by atoms with Gasteiger partial charge in [-0.1, -0.05) is 13.3 Å². The van der Waals surface area contributed by atoms with Crippen molar-refractivity contribution in [2.24, 2.45) is 11.8 Å². The molecule has 2 saturated carbocycles. The molecule has 2 aliphatic rings. The molecule has 0 aromatic heterocycles. The normalized spacial score (nSPS) is 40.1. The van der Waals surface area contributed by atoms with Crippen molar-refractivity contribution in [2.45, 2.75) is 64.0 Å². The number of hydrogen-bond donors (Lipinski definition) is 1. The van der Waals surface area contributed by atoms with Crippen molar-refractivity contribution in [3.05, 3.63) is 0 Å². The predicted octanol–water partition coefficient (Wildman–Crippen LogP) is 2.97. The number of ether oxygens (including phenoxy) is 1. The van der Waals surface area contributed by atoms with Gasteiger partial charge in [0.2, 0.25) is 0 Å². The summed E-state index contributed by atoms with van der Waals surface area (Å²) in [6, 6.07) is 0.766. The van der Waals surface area contributed by atoms with Crippen molar-refractivity contribution in [3.63, 3.8) is 0 Å². The molecule has 2 rings (SSSR count). The molecule has 2 nitrogen and oxygen atoms in total. The molecule has 2 heteroatoms. The average Bonchev–Trinajstić information content (AvgIpc) is 2.73. The standard InChI is InChI=1S/C14H27NO/c1-11-3-4-12(9-11)10-15-13-5-7-14(16-2)8-6-13/h11-15H,3-10H2,1-2H3. The summed E-state index contributed by atoms with van der Waals surface area (Å²) < 4.78 is 5.40. The SMILES string of the molecule is COC1CCC(NCC2CCC(C)C2)CC1. The van der Waals surface area contributed by atoms with Gasteiger partial charge in [-0.2, -0.15) is 0 Å². The van der Waals surface area contributed by atoms with Crippen molar-refractivity contribution in [1.29, 1.82) is 0 Å². The number of rotatable bonds is 4. The monoisotopic (exact) mass is 225 g/mol. The summed E-state index contributed by atoms with van der Waals surface area (Å²) in [5.74, 6) is 1.92. The van der Waals surface area contributed by atoms with Crippen LogP contribution < -0.4 is 5.32 Å². The van der Waals surface area contributed by atoms with Crippen molar-refractivity contribution in [2.75, 3.05) is 13.7 Å². The first-order chi connectivity index (χ1) is 7.78. The Hall–Kier alpha value is -0.0800. The third kappa shape index (κ3) is 3.46. The molecule has 0 spiro atoms. The minimum Gasteiger partial charge on any atom is -0.381 e. The van der Waals surface area contributed by atoms with E-state index < -0.39 is 0 Å². The smallest absolute Gasteiger partial charge is 0.0572 e. The predicted molar refractivity (Wildman–Crippen MR) is 67.6 cm³/mol. The lowest BCUT2D eigenvalue weighted by Gasteiger charge is -2.29. The Kier molecular flexibility index (Phi) is 4.66. The van der Waals surface area contributed by atoms with Crippen LogP contribution in [0.5, 0.6) is 0 Å². The first-order valence-corrected chi connectivity index (χ1v) is 7.04. The van der Waals surface area contributed by atoms with Gasteiger partial charge in [-0.15, -0.1) is 0 Å². The third-order valence-corrected chi connectivity index (χ3v) is 4.51. The second kappa shape index (κ2) is 6.02. The summed E-state index contributed by atoms with van der Waals surface area (Å²) in [6.07, 6.45) is 9.97. The average molecular weight is 225 g/mol. The molecule has 2 fully saturated rings. The first-order valence-electron chi connectivity index (χ1n) is 7.04. The van der Waals surface area contributed by atoms with Crippen LogP contribution in [0.3, 0.4) is 0 Å². The van der Waals surface area contributed by atoms with Gasteiger partial charge in [0.1, 0.15) is 0 Å². The molecule has 0 aliphatic heterocycles. The van der Waals surface area contributed by atoms with E-state index in [-0.39, 0.29) is 0 Å². The van der Waals surface area contributed by atoms with Crippen LogP contribution in [-0.2, 0) is 4.74 Å². The van der Waals surface area contributed by atoms with Crippen LogP contribution in [-0.4, -0.2) is 25.8 Å². The quantitative estimate of drug-likeness (QED) is 0.794. The maximum absolute atomic E-state index is 5.40. The van der Waals surface area contributed by atoms with Gasteiger partial charge in [0.25, 0.3) is 0 Å². The topological polar surface area (TPSA) is 21.3 Å². The Balaban J connectivity index is 1.60. The highest BCUT2D eigenvalue weighted by Gasteiger charge is 2.24. The van der Waals surface area contributed by atoms with E-state index in [1.807, 2.05) is 7.11 Å². The molecule has 2 aliphatic carbocycles. The van der Waals surface area contributed by atoms with E-state index in [0.29, 0.717) is 6.10 Å². The zero-order valence-corrected chi connectivity index (χ0v) is 10.9. The van der Waals surface area contributed by atoms with Gasteiger partial charge in [0, 0.05) is 13.2 Å². The van der Waals surface area contributed by atoms with Gasteiger partial charge in [0.05, 0.1) is 6.10 Å². The van der Waals surface area contributed by atoms with Crippen molar-refractivity contribution in [1.82, 2.24) is 5.32 Å². The van der Waals surface area contributed by atoms with E-state index in [0.717, 1.165) is 17.9 Å². The van der Waals surface area contributed by atoms with Crippen LogP contribution in [0.25, 0.3) is 0 Å². The number of hydrogen-bond acceptors (Lipinski definition) is 2. The highest BCUT2D eigenvalue weighted by Crippen LogP contribution is 2.30. The van der Waals surface area contributed by atoms with Gasteiger partial charge >= 0.3 is 0 Å². The Morgan fingerprint density at radius 2 is 1.81 bits per heavy atom. The van der Waals surface area contributed by atoms with E-state index in [4.69, 9.17) is 4.74 Å². The Morgan fingerprint density at radius 3 is 2.38 bits per heavy atom. The van der Waals surface area contributed by atoms with Crippen molar-refractivity contribution < 1.29 is 4.74 Å². The molecule has 0 radical (unpaired) electrons. The van der Waals surface area contributed by atoms with E-state index in [2.05, 4.69) is 12.2 Å². The fraction of sp³-hybridized carbons (Fsp3) is 1.00. The van der Waals surface area contributed by atoms with Crippen LogP contribution in [0, 0.1) is 11.8 Å². The van der Waals surface area contributed by atoms with E-state index in [1.165, 1.54) is 51.5 Å². The second-order valence-corrected chi connectivity index (χ2v) is 5.90. The number of nitrogens with one attached hydrogen (secondary N) is 1. The zero-order valence-electron chi connectivity index (χ0n) is 10.9. The molecule has 16 heavy (non-hydrogen) atoms. The molecule has 0 heterocycles. The summed E-state index contributed by atoms with van der Waals surface area (Å²) in [6.45, 7) is 3.65. The van der Waals surface area contributed by atoms with E-state index >= 15 is 0 Å². The fourth-order valence-electron chi connectivity index (χ4n) is 3.35. The molecule has 2 unspecified atom stereocenters. The van der Waals surface area contributed by atoms with E-state index in [1.54, 1.807) is 0 Å². The molecule has 0 aromatic rings. The third-order valence-electron chi connectivity index (χ3n) is 4.51. The summed E-state index contributed by atoms with van der Waals surface area (Å²) in [4.78, 5) is 0. The zero-order chi connectivity index (χ0) is 11.4. The van der Waals surface area contributed by atoms with E-state index in [9.17, 15) is 0 Å². The summed E-state index contributed by atoms with van der Waals surface area (Å²) in [5, 5.41) is 3.77. The molecule has 94 valence electrons. The summed E-state index contributed by atoms with van der Waals surface area (Å²) in [5.41, 5.74) is 0. The van der Waals surface area contributed by atoms with Gasteiger partial charge < -0.3 is 10.1 Å². The molecular formula is C14H27NO. The Bertz CT molecular complexity index is 199. The fourth-order valence-corrected chi connectivity index (χ4v) is 3.35. The van der Waals surface area contributed by atoms with Gasteiger partial charge in [0.15, 0.2) is 0 Å². The molecular weight excluding hydrogens is 198 g/mol. The lowest BCUT2D eigenvalue weighted by atomic mass is 9.92. The molecule has 2 atom stereocenters. The molecule has 0 bridgehead atoms. The van der Waals surface area contributed by atoms with Crippen LogP contribution in [0.2, 0.25) is 0 Å². The Morgan fingerprint density at radius 1 is 1.06 bits per heavy atom. The maximum atomic E-state index is 5.40. The van der Waals surface area contributed by atoms with Crippen LogP contribution in [0.15, 0.2) is 0 Å². The van der Waals surface area contributed by atoms with Crippen LogP contribution in [0.4, 0.5) is 0 Å². The molecule has 1 N–H and O–H groups in total. The summed E-state index contributed by atoms with van der Waals surface area (Å²) in [7, 11) is 1.85. The van der Waals surface area contributed by atoms with Crippen LogP contribution in [0.1, 0.15) is 51.9 Å². The molecule has 0 saturated heterocycles. The van der Waals surface area contributed by atoms with Crippen LogP contribution >= 0.6 is 0 Å². The minimum absolute atomic E-state index is 0.532. The highest BCUT2D eigenvalue weighted by atomic mass is 16.5.